The Morgan fingerprint density at radius 2 is 1.61 bits per heavy atom. The van der Waals surface area contributed by atoms with Crippen molar-refractivity contribution in [3.63, 3.8) is 0 Å². The van der Waals surface area contributed by atoms with Gasteiger partial charge in [-0.3, -0.25) is 4.79 Å². The summed E-state index contributed by atoms with van der Waals surface area (Å²) in [5.41, 5.74) is 2.11. The lowest BCUT2D eigenvalue weighted by Gasteiger charge is -2.15. The largest absolute Gasteiger partial charge is 0.481 e. The number of aliphatic carboxylic acids is 1. The molecule has 0 aliphatic carbocycles. The maximum atomic E-state index is 11.0. The quantitative estimate of drug-likeness (QED) is 0.654. The number of carbonyl (C=O) groups is 1. The first-order valence-electron chi connectivity index (χ1n) is 6.99. The summed E-state index contributed by atoms with van der Waals surface area (Å²) in [6.45, 7) is 0. The van der Waals surface area contributed by atoms with Gasteiger partial charge >= 0.3 is 5.97 Å². The van der Waals surface area contributed by atoms with E-state index in [9.17, 15) is 4.79 Å². The number of halogens is 2. The topological polar surface area (TPSA) is 49.3 Å². The van der Waals surface area contributed by atoms with Crippen LogP contribution in [0.1, 0.15) is 5.56 Å². The van der Waals surface area contributed by atoms with Crippen molar-refractivity contribution >= 4 is 51.3 Å². The molecule has 0 amide bonds. The van der Waals surface area contributed by atoms with E-state index >= 15 is 0 Å². The number of hydrogen-bond donors (Lipinski definition) is 2. The number of anilines is 2. The van der Waals surface area contributed by atoms with Crippen molar-refractivity contribution in [1.29, 1.82) is 0 Å². The van der Waals surface area contributed by atoms with Gasteiger partial charge in [-0.15, -0.1) is 0 Å². The van der Waals surface area contributed by atoms with Crippen LogP contribution in [-0.4, -0.2) is 11.1 Å². The number of rotatable bonds is 4. The third-order valence-corrected chi connectivity index (χ3v) is 4.18. The Hall–Kier alpha value is -2.23. The normalized spacial score (nSPS) is 10.7. The van der Waals surface area contributed by atoms with Crippen LogP contribution in [0.25, 0.3) is 10.8 Å². The molecule has 0 saturated carbocycles. The van der Waals surface area contributed by atoms with Crippen LogP contribution in [0.3, 0.4) is 0 Å². The molecule has 0 unspecified atom stereocenters. The van der Waals surface area contributed by atoms with E-state index in [4.69, 9.17) is 28.3 Å². The molecule has 5 heteroatoms. The molecule has 0 atom stereocenters. The highest BCUT2D eigenvalue weighted by molar-refractivity contribution is 6.41. The SMILES string of the molecule is O=C(O)Cc1ccccc1Nc1c(Cl)cc(Cl)c2ccccc12. The minimum Gasteiger partial charge on any atom is -0.481 e. The first-order valence-corrected chi connectivity index (χ1v) is 7.75. The van der Waals surface area contributed by atoms with Crippen LogP contribution in [0, 0.1) is 0 Å². The summed E-state index contributed by atoms with van der Waals surface area (Å²) in [4.78, 5) is 11.0. The van der Waals surface area contributed by atoms with Crippen LogP contribution in [0.5, 0.6) is 0 Å². The molecule has 0 radical (unpaired) electrons. The molecule has 0 saturated heterocycles. The first kappa shape index (κ1) is 15.7. The molecule has 0 spiro atoms. The average molecular weight is 346 g/mol. The molecule has 116 valence electrons. The van der Waals surface area contributed by atoms with Crippen molar-refractivity contribution in [2.45, 2.75) is 6.42 Å². The summed E-state index contributed by atoms with van der Waals surface area (Å²) in [6, 6.07) is 16.6. The van der Waals surface area contributed by atoms with Crippen molar-refractivity contribution in [3.8, 4) is 0 Å². The van der Waals surface area contributed by atoms with Gasteiger partial charge in [0.15, 0.2) is 0 Å². The van der Waals surface area contributed by atoms with E-state index in [0.29, 0.717) is 27.0 Å². The Morgan fingerprint density at radius 3 is 2.35 bits per heavy atom. The van der Waals surface area contributed by atoms with Gasteiger partial charge in [0.2, 0.25) is 0 Å². The second-order valence-electron chi connectivity index (χ2n) is 5.11. The maximum absolute atomic E-state index is 11.0. The molecular formula is C18H13Cl2NO2. The number of para-hydroxylation sites is 1. The summed E-state index contributed by atoms with van der Waals surface area (Å²) in [6.07, 6.45) is -0.0632. The third kappa shape index (κ3) is 3.26. The first-order chi connectivity index (χ1) is 11.1. The van der Waals surface area contributed by atoms with Crippen molar-refractivity contribution in [2.24, 2.45) is 0 Å². The van der Waals surface area contributed by atoms with Crippen LogP contribution < -0.4 is 5.32 Å². The number of fused-ring (bicyclic) bond motifs is 1. The molecule has 3 nitrogen and oxygen atoms in total. The van der Waals surface area contributed by atoms with Gasteiger partial charge in [-0.25, -0.2) is 0 Å². The van der Waals surface area contributed by atoms with E-state index in [1.807, 2.05) is 42.5 Å². The summed E-state index contributed by atoms with van der Waals surface area (Å²) >= 11 is 12.6. The van der Waals surface area contributed by atoms with Gasteiger partial charge in [0.1, 0.15) is 0 Å². The van der Waals surface area contributed by atoms with Gasteiger partial charge in [-0.1, -0.05) is 65.7 Å². The second-order valence-corrected chi connectivity index (χ2v) is 5.93. The molecule has 0 aromatic heterocycles. The fraction of sp³-hybridized carbons (Fsp3) is 0.0556. The Kier molecular flexibility index (Phi) is 4.42. The van der Waals surface area contributed by atoms with Crippen LogP contribution in [-0.2, 0) is 11.2 Å². The molecule has 23 heavy (non-hydrogen) atoms. The van der Waals surface area contributed by atoms with Crippen LogP contribution in [0.15, 0.2) is 54.6 Å². The maximum Gasteiger partial charge on any atom is 0.307 e. The molecule has 3 aromatic carbocycles. The lowest BCUT2D eigenvalue weighted by atomic mass is 10.1. The lowest BCUT2D eigenvalue weighted by molar-refractivity contribution is -0.136. The highest BCUT2D eigenvalue weighted by atomic mass is 35.5. The van der Waals surface area contributed by atoms with Crippen molar-refractivity contribution in [1.82, 2.24) is 0 Å². The average Bonchev–Trinajstić information content (AvgIpc) is 2.52. The van der Waals surface area contributed by atoms with Gasteiger partial charge in [0, 0.05) is 16.5 Å². The minimum atomic E-state index is -0.883. The van der Waals surface area contributed by atoms with Crippen LogP contribution in [0.2, 0.25) is 10.0 Å². The van der Waals surface area contributed by atoms with E-state index in [-0.39, 0.29) is 6.42 Å². The monoisotopic (exact) mass is 345 g/mol. The van der Waals surface area contributed by atoms with E-state index in [0.717, 1.165) is 10.8 Å². The fourth-order valence-corrected chi connectivity index (χ4v) is 3.11. The van der Waals surface area contributed by atoms with Crippen LogP contribution >= 0.6 is 23.2 Å². The van der Waals surface area contributed by atoms with Crippen molar-refractivity contribution in [3.05, 3.63) is 70.2 Å². The van der Waals surface area contributed by atoms with Gasteiger partial charge < -0.3 is 10.4 Å². The van der Waals surface area contributed by atoms with Gasteiger partial charge in [0.25, 0.3) is 0 Å². The smallest absolute Gasteiger partial charge is 0.307 e. The van der Waals surface area contributed by atoms with E-state index in [2.05, 4.69) is 5.32 Å². The minimum absolute atomic E-state index is 0.0632. The second kappa shape index (κ2) is 6.49. The third-order valence-electron chi connectivity index (χ3n) is 3.56. The van der Waals surface area contributed by atoms with Gasteiger partial charge in [0.05, 0.1) is 22.2 Å². The summed E-state index contributed by atoms with van der Waals surface area (Å²) in [5.74, 6) is -0.883. The molecule has 0 aliphatic rings. The molecule has 3 rings (SSSR count). The van der Waals surface area contributed by atoms with E-state index in [1.54, 1.807) is 12.1 Å². The Balaban J connectivity index is 2.11. The summed E-state index contributed by atoms with van der Waals surface area (Å²) in [5, 5.41) is 15.1. The van der Waals surface area contributed by atoms with Crippen molar-refractivity contribution in [2.75, 3.05) is 5.32 Å². The summed E-state index contributed by atoms with van der Waals surface area (Å²) < 4.78 is 0. The molecular weight excluding hydrogens is 333 g/mol. The zero-order valence-corrected chi connectivity index (χ0v) is 13.5. The molecule has 3 aromatic rings. The molecule has 2 N–H and O–H groups in total. The zero-order chi connectivity index (χ0) is 16.4. The predicted molar refractivity (Wildman–Crippen MR) is 95.0 cm³/mol. The Labute approximate surface area is 143 Å². The molecule has 0 aliphatic heterocycles. The zero-order valence-electron chi connectivity index (χ0n) is 12.0. The number of nitrogens with one attached hydrogen (secondary N) is 1. The number of benzene rings is 3. The summed E-state index contributed by atoms with van der Waals surface area (Å²) in [7, 11) is 0. The van der Waals surface area contributed by atoms with Crippen LogP contribution in [0.4, 0.5) is 11.4 Å². The number of hydrogen-bond acceptors (Lipinski definition) is 2. The molecule has 0 fully saturated rings. The highest BCUT2D eigenvalue weighted by Gasteiger charge is 2.12. The molecule has 0 bridgehead atoms. The van der Waals surface area contributed by atoms with Gasteiger partial charge in [-0.2, -0.15) is 0 Å². The standard InChI is InChI=1S/C18H13Cl2NO2/c19-14-10-15(20)18(13-7-3-2-6-12(13)14)21-16-8-4-1-5-11(16)9-17(22)23/h1-8,10,21H,9H2,(H,22,23). The Bertz CT molecular complexity index is 893. The van der Waals surface area contributed by atoms with E-state index < -0.39 is 5.97 Å². The number of carboxylic acid groups (broad SMARTS) is 1. The van der Waals surface area contributed by atoms with E-state index in [1.165, 1.54) is 0 Å². The Morgan fingerprint density at radius 1 is 0.957 bits per heavy atom. The van der Waals surface area contributed by atoms with Gasteiger partial charge in [-0.05, 0) is 17.7 Å². The highest BCUT2D eigenvalue weighted by Crippen LogP contribution is 2.38. The van der Waals surface area contributed by atoms with Crippen molar-refractivity contribution < 1.29 is 9.90 Å². The predicted octanol–water partition coefficient (Wildman–Crippen LogP) is 5.52. The lowest BCUT2D eigenvalue weighted by Crippen LogP contribution is -2.04. The number of carboxylic acids is 1. The fourth-order valence-electron chi connectivity index (χ4n) is 2.52. The molecule has 0 heterocycles.